The van der Waals surface area contributed by atoms with Crippen LogP contribution in [0.4, 0.5) is 0 Å². The van der Waals surface area contributed by atoms with Crippen LogP contribution in [0.25, 0.3) is 10.9 Å². The van der Waals surface area contributed by atoms with E-state index >= 15 is 0 Å². The third kappa shape index (κ3) is 1.35. The van der Waals surface area contributed by atoms with Crippen LogP contribution < -0.4 is 0 Å². The fourth-order valence-corrected chi connectivity index (χ4v) is 2.12. The van der Waals surface area contributed by atoms with Crippen molar-refractivity contribution >= 4 is 10.9 Å². The van der Waals surface area contributed by atoms with E-state index in [4.69, 9.17) is 4.74 Å². The van der Waals surface area contributed by atoms with Crippen molar-refractivity contribution < 1.29 is 9.84 Å². The molecule has 0 bridgehead atoms. The molecule has 1 aliphatic heterocycles. The Balaban J connectivity index is 2.10. The van der Waals surface area contributed by atoms with Crippen molar-refractivity contribution in [2.24, 2.45) is 0 Å². The number of aromatic nitrogens is 1. The fourth-order valence-electron chi connectivity index (χ4n) is 2.12. The van der Waals surface area contributed by atoms with Crippen LogP contribution in [0.1, 0.15) is 12.0 Å². The minimum Gasteiger partial charge on any atom is -0.383 e. The molecular weight excluding hydrogens is 190 g/mol. The SMILES string of the molecule is OC1(c2ccc3[nH]ccc3c2)CCOC1. The number of hydrogen-bond acceptors (Lipinski definition) is 2. The predicted molar refractivity (Wildman–Crippen MR) is 57.6 cm³/mol. The Hall–Kier alpha value is -1.32. The van der Waals surface area contributed by atoms with Gasteiger partial charge in [0.2, 0.25) is 0 Å². The molecule has 1 saturated heterocycles. The zero-order valence-corrected chi connectivity index (χ0v) is 8.36. The fraction of sp³-hybridized carbons (Fsp3) is 0.333. The van der Waals surface area contributed by atoms with Gasteiger partial charge in [0, 0.05) is 24.7 Å². The van der Waals surface area contributed by atoms with Crippen molar-refractivity contribution in [3.05, 3.63) is 36.0 Å². The number of ether oxygens (including phenoxy) is 1. The molecule has 2 aromatic rings. The molecule has 3 heteroatoms. The summed E-state index contributed by atoms with van der Waals surface area (Å²) in [5, 5.41) is 11.5. The summed E-state index contributed by atoms with van der Waals surface area (Å²) in [6.45, 7) is 1.05. The van der Waals surface area contributed by atoms with Gasteiger partial charge in [-0.05, 0) is 29.1 Å². The average Bonchev–Trinajstić information content (AvgIpc) is 2.85. The van der Waals surface area contributed by atoms with Crippen LogP contribution in [0.3, 0.4) is 0 Å². The molecule has 0 radical (unpaired) electrons. The third-order valence-corrected chi connectivity index (χ3v) is 3.09. The summed E-state index contributed by atoms with van der Waals surface area (Å²) in [5.41, 5.74) is 1.26. The summed E-state index contributed by atoms with van der Waals surface area (Å²) in [7, 11) is 0. The number of rotatable bonds is 1. The van der Waals surface area contributed by atoms with Crippen LogP contribution in [0.5, 0.6) is 0 Å². The highest BCUT2D eigenvalue weighted by atomic mass is 16.5. The number of H-pyrrole nitrogens is 1. The second-order valence-electron chi connectivity index (χ2n) is 4.11. The number of aliphatic hydroxyl groups is 1. The average molecular weight is 203 g/mol. The molecule has 1 aromatic heterocycles. The van der Waals surface area contributed by atoms with E-state index in [1.54, 1.807) is 0 Å². The van der Waals surface area contributed by atoms with Gasteiger partial charge in [-0.25, -0.2) is 0 Å². The summed E-state index contributed by atoms with van der Waals surface area (Å²) in [5.74, 6) is 0. The van der Waals surface area contributed by atoms with Gasteiger partial charge in [-0.1, -0.05) is 6.07 Å². The van der Waals surface area contributed by atoms with E-state index in [0.717, 1.165) is 16.5 Å². The minimum atomic E-state index is -0.786. The highest BCUT2D eigenvalue weighted by Crippen LogP contribution is 2.31. The summed E-state index contributed by atoms with van der Waals surface area (Å²) in [4.78, 5) is 3.14. The maximum Gasteiger partial charge on any atom is 0.115 e. The first-order valence-electron chi connectivity index (χ1n) is 5.16. The van der Waals surface area contributed by atoms with E-state index in [9.17, 15) is 5.11 Å². The van der Waals surface area contributed by atoms with Crippen molar-refractivity contribution in [2.45, 2.75) is 12.0 Å². The largest absolute Gasteiger partial charge is 0.383 e. The molecule has 78 valence electrons. The predicted octanol–water partition coefficient (Wildman–Crippen LogP) is 1.78. The second-order valence-corrected chi connectivity index (χ2v) is 4.11. The van der Waals surface area contributed by atoms with Gasteiger partial charge in [0.25, 0.3) is 0 Å². The zero-order chi connectivity index (χ0) is 10.3. The van der Waals surface area contributed by atoms with Crippen molar-refractivity contribution in [1.82, 2.24) is 4.98 Å². The Morgan fingerprint density at radius 1 is 1.33 bits per heavy atom. The second kappa shape index (κ2) is 3.08. The lowest BCUT2D eigenvalue weighted by molar-refractivity contribution is 0.0233. The molecule has 0 aliphatic carbocycles. The molecule has 1 unspecified atom stereocenters. The molecule has 0 saturated carbocycles. The first kappa shape index (κ1) is 8.95. The smallest absolute Gasteiger partial charge is 0.115 e. The van der Waals surface area contributed by atoms with Gasteiger partial charge < -0.3 is 14.8 Å². The van der Waals surface area contributed by atoms with Crippen LogP contribution >= 0.6 is 0 Å². The third-order valence-electron chi connectivity index (χ3n) is 3.09. The first-order chi connectivity index (χ1) is 7.28. The Morgan fingerprint density at radius 3 is 3.07 bits per heavy atom. The lowest BCUT2D eigenvalue weighted by Crippen LogP contribution is -2.25. The van der Waals surface area contributed by atoms with Gasteiger partial charge in [-0.2, -0.15) is 0 Å². The quantitative estimate of drug-likeness (QED) is 0.742. The maximum atomic E-state index is 10.3. The van der Waals surface area contributed by atoms with Gasteiger partial charge in [0.05, 0.1) is 6.61 Å². The minimum absolute atomic E-state index is 0.406. The lowest BCUT2D eigenvalue weighted by Gasteiger charge is -2.20. The van der Waals surface area contributed by atoms with Crippen LogP contribution in [-0.4, -0.2) is 23.3 Å². The van der Waals surface area contributed by atoms with E-state index < -0.39 is 5.60 Å². The molecule has 0 amide bonds. The van der Waals surface area contributed by atoms with Crippen molar-refractivity contribution in [3.8, 4) is 0 Å². The van der Waals surface area contributed by atoms with Gasteiger partial charge in [0.1, 0.15) is 5.60 Å². The van der Waals surface area contributed by atoms with Crippen LogP contribution in [0.15, 0.2) is 30.5 Å². The summed E-state index contributed by atoms with van der Waals surface area (Å²) in [6.07, 6.45) is 2.59. The Labute approximate surface area is 87.7 Å². The summed E-state index contributed by atoms with van der Waals surface area (Å²) < 4.78 is 5.25. The number of hydrogen-bond donors (Lipinski definition) is 2. The van der Waals surface area contributed by atoms with Gasteiger partial charge in [-0.15, -0.1) is 0 Å². The van der Waals surface area contributed by atoms with Gasteiger partial charge in [0.15, 0.2) is 0 Å². The Morgan fingerprint density at radius 2 is 2.27 bits per heavy atom. The molecule has 1 atom stereocenters. The van der Waals surface area contributed by atoms with Crippen LogP contribution in [0.2, 0.25) is 0 Å². The molecule has 2 N–H and O–H groups in total. The van der Waals surface area contributed by atoms with Crippen molar-refractivity contribution in [3.63, 3.8) is 0 Å². The number of fused-ring (bicyclic) bond motifs is 1. The monoisotopic (exact) mass is 203 g/mol. The van der Waals surface area contributed by atoms with Crippen LogP contribution in [-0.2, 0) is 10.3 Å². The Bertz CT molecular complexity index is 483. The number of nitrogens with one attached hydrogen (secondary N) is 1. The van der Waals surface area contributed by atoms with E-state index in [2.05, 4.69) is 4.98 Å². The van der Waals surface area contributed by atoms with E-state index in [1.165, 1.54) is 0 Å². The molecule has 3 nitrogen and oxygen atoms in total. The van der Waals surface area contributed by atoms with Crippen molar-refractivity contribution in [2.75, 3.05) is 13.2 Å². The molecule has 0 spiro atoms. The molecule has 15 heavy (non-hydrogen) atoms. The topological polar surface area (TPSA) is 45.2 Å². The molecule has 3 rings (SSSR count). The molecule has 1 aliphatic rings. The highest BCUT2D eigenvalue weighted by molar-refractivity contribution is 5.80. The van der Waals surface area contributed by atoms with Crippen molar-refractivity contribution in [1.29, 1.82) is 0 Å². The van der Waals surface area contributed by atoms with E-state index in [0.29, 0.717) is 19.6 Å². The zero-order valence-electron chi connectivity index (χ0n) is 8.36. The molecule has 1 aromatic carbocycles. The summed E-state index contributed by atoms with van der Waals surface area (Å²) >= 11 is 0. The van der Waals surface area contributed by atoms with Crippen LogP contribution in [0, 0.1) is 0 Å². The van der Waals surface area contributed by atoms with Gasteiger partial charge >= 0.3 is 0 Å². The first-order valence-corrected chi connectivity index (χ1v) is 5.16. The standard InChI is InChI=1S/C12H13NO2/c14-12(4-6-15-8-12)10-1-2-11-9(7-10)3-5-13-11/h1-3,5,7,13-14H,4,6,8H2. The van der Waals surface area contributed by atoms with E-state index in [1.807, 2.05) is 30.5 Å². The lowest BCUT2D eigenvalue weighted by atomic mass is 9.92. The molecular formula is C12H13NO2. The number of benzene rings is 1. The highest BCUT2D eigenvalue weighted by Gasteiger charge is 2.34. The maximum absolute atomic E-state index is 10.3. The normalized spacial score (nSPS) is 26.2. The Kier molecular flexibility index (Phi) is 1.84. The van der Waals surface area contributed by atoms with Gasteiger partial charge in [-0.3, -0.25) is 0 Å². The summed E-state index contributed by atoms with van der Waals surface area (Å²) in [6, 6.07) is 8.01. The number of aromatic amines is 1. The van der Waals surface area contributed by atoms with E-state index in [-0.39, 0.29) is 0 Å². The molecule has 2 heterocycles. The molecule has 1 fully saturated rings.